The van der Waals surface area contributed by atoms with Gasteiger partial charge in [0.05, 0.1) is 6.54 Å². The fourth-order valence-corrected chi connectivity index (χ4v) is 5.77. The number of benzene rings is 2. The van der Waals surface area contributed by atoms with E-state index in [0.29, 0.717) is 6.04 Å². The third-order valence-electron chi connectivity index (χ3n) is 7.59. The van der Waals surface area contributed by atoms with Crippen LogP contribution in [0.15, 0.2) is 55.1 Å². The Morgan fingerprint density at radius 1 is 1.00 bits per heavy atom. The Morgan fingerprint density at radius 3 is 2.43 bits per heavy atom. The third-order valence-corrected chi connectivity index (χ3v) is 7.59. The molecule has 1 aliphatic heterocycles. The van der Waals surface area contributed by atoms with Crippen LogP contribution in [-0.4, -0.2) is 50.4 Å². The second kappa shape index (κ2) is 9.62. The minimum Gasteiger partial charge on any atom is -0.382 e. The second-order valence-corrected chi connectivity index (χ2v) is 10.1. The number of aromatic nitrogens is 3. The number of β-amino-alcohol motifs (C(OH)–C–C–N with tert-alkyl or cyclic N) is 1. The molecule has 35 heavy (non-hydrogen) atoms. The zero-order valence-corrected chi connectivity index (χ0v) is 19.5. The summed E-state index contributed by atoms with van der Waals surface area (Å²) >= 11 is 0. The van der Waals surface area contributed by atoms with Gasteiger partial charge in [0.15, 0.2) is 0 Å². The average Bonchev–Trinajstić information content (AvgIpc) is 3.47. The lowest BCUT2D eigenvalue weighted by Crippen LogP contribution is -2.45. The molecule has 9 heteroatoms. The van der Waals surface area contributed by atoms with E-state index in [4.69, 9.17) is 0 Å². The monoisotopic (exact) mass is 485 g/mol. The van der Waals surface area contributed by atoms with Gasteiger partial charge in [-0.25, -0.2) is 22.8 Å². The highest BCUT2D eigenvalue weighted by atomic mass is 19.1. The lowest BCUT2D eigenvalue weighted by molar-refractivity contribution is -0.0196. The summed E-state index contributed by atoms with van der Waals surface area (Å²) in [7, 11) is 0. The number of rotatable bonds is 7. The highest BCUT2D eigenvalue weighted by Gasteiger charge is 2.44. The molecule has 3 aromatic rings. The molecule has 1 saturated heterocycles. The topological polar surface area (TPSA) is 66.2 Å². The molecule has 2 heterocycles. The summed E-state index contributed by atoms with van der Waals surface area (Å²) in [4.78, 5) is 6.11. The van der Waals surface area contributed by atoms with Crippen LogP contribution in [0.25, 0.3) is 0 Å². The van der Waals surface area contributed by atoms with E-state index in [0.717, 1.165) is 56.9 Å². The van der Waals surface area contributed by atoms with Crippen molar-refractivity contribution in [1.29, 1.82) is 0 Å². The van der Waals surface area contributed by atoms with E-state index in [-0.39, 0.29) is 29.9 Å². The van der Waals surface area contributed by atoms with Crippen LogP contribution in [0.2, 0.25) is 0 Å². The van der Waals surface area contributed by atoms with E-state index in [1.807, 2.05) is 0 Å². The van der Waals surface area contributed by atoms with Crippen LogP contribution in [-0.2, 0) is 12.1 Å². The predicted molar refractivity (Wildman–Crippen MR) is 126 cm³/mol. The van der Waals surface area contributed by atoms with Crippen molar-refractivity contribution in [3.63, 3.8) is 0 Å². The Balaban J connectivity index is 1.25. The quantitative estimate of drug-likeness (QED) is 0.522. The number of likely N-dealkylation sites (tertiary alicyclic amines) is 1. The SMILES string of the molecule is OC(CN1CCC2(CCC(Nc3ccc(F)cc3)CC2)C1)(Cn1cncn1)c1ccc(F)cc1F. The summed E-state index contributed by atoms with van der Waals surface area (Å²) in [5.41, 5.74) is -0.433. The van der Waals surface area contributed by atoms with Crippen molar-refractivity contribution in [3.05, 3.63) is 78.1 Å². The van der Waals surface area contributed by atoms with Crippen molar-refractivity contribution >= 4 is 5.69 Å². The molecule has 1 aliphatic carbocycles. The molecule has 5 rings (SSSR count). The van der Waals surface area contributed by atoms with Gasteiger partial charge in [0, 0.05) is 36.4 Å². The molecule has 0 amide bonds. The van der Waals surface area contributed by atoms with Crippen LogP contribution < -0.4 is 5.32 Å². The Labute approximate surface area is 202 Å². The van der Waals surface area contributed by atoms with Crippen LogP contribution in [0, 0.1) is 22.9 Å². The van der Waals surface area contributed by atoms with Gasteiger partial charge in [-0.3, -0.25) is 4.90 Å². The molecule has 2 fully saturated rings. The first-order chi connectivity index (χ1) is 16.8. The van der Waals surface area contributed by atoms with Gasteiger partial charge in [0.1, 0.15) is 35.7 Å². The summed E-state index contributed by atoms with van der Waals surface area (Å²) in [6, 6.07) is 10.1. The van der Waals surface area contributed by atoms with Crippen molar-refractivity contribution in [2.24, 2.45) is 5.41 Å². The molecule has 6 nitrogen and oxygen atoms in total. The molecule has 1 spiro atoms. The molecule has 1 unspecified atom stereocenters. The maximum atomic E-state index is 14.7. The Kier molecular flexibility index (Phi) is 6.55. The second-order valence-electron chi connectivity index (χ2n) is 10.1. The molecule has 2 aromatic carbocycles. The van der Waals surface area contributed by atoms with Gasteiger partial charge in [-0.1, -0.05) is 6.07 Å². The number of nitrogens with zero attached hydrogens (tertiary/aromatic N) is 4. The maximum Gasteiger partial charge on any atom is 0.137 e. The van der Waals surface area contributed by atoms with Crippen molar-refractivity contribution in [2.75, 3.05) is 25.0 Å². The molecular formula is C26H30F3N5O. The van der Waals surface area contributed by atoms with Gasteiger partial charge in [-0.05, 0) is 74.4 Å². The first-order valence-corrected chi connectivity index (χ1v) is 12.1. The number of hydrogen-bond donors (Lipinski definition) is 2. The minimum atomic E-state index is -1.58. The fraction of sp³-hybridized carbons (Fsp3) is 0.462. The first kappa shape index (κ1) is 23.8. The highest BCUT2D eigenvalue weighted by Crippen LogP contribution is 2.45. The van der Waals surface area contributed by atoms with E-state index >= 15 is 0 Å². The summed E-state index contributed by atoms with van der Waals surface area (Å²) in [5.74, 6) is -1.69. The van der Waals surface area contributed by atoms with Gasteiger partial charge in [-0.2, -0.15) is 5.10 Å². The lowest BCUT2D eigenvalue weighted by atomic mass is 9.72. The number of nitrogens with one attached hydrogen (secondary N) is 1. The van der Waals surface area contributed by atoms with Crippen LogP contribution >= 0.6 is 0 Å². The average molecular weight is 486 g/mol. The fourth-order valence-electron chi connectivity index (χ4n) is 5.77. The van der Waals surface area contributed by atoms with Gasteiger partial charge >= 0.3 is 0 Å². The van der Waals surface area contributed by atoms with Gasteiger partial charge < -0.3 is 10.4 Å². The van der Waals surface area contributed by atoms with Crippen molar-refractivity contribution in [2.45, 2.75) is 50.3 Å². The number of halogens is 3. The molecule has 1 atom stereocenters. The van der Waals surface area contributed by atoms with Crippen LogP contribution in [0.4, 0.5) is 18.9 Å². The van der Waals surface area contributed by atoms with Crippen LogP contribution in [0.1, 0.15) is 37.7 Å². The molecule has 0 bridgehead atoms. The molecular weight excluding hydrogens is 455 g/mol. The zero-order valence-electron chi connectivity index (χ0n) is 19.5. The molecule has 2 N–H and O–H groups in total. The van der Waals surface area contributed by atoms with E-state index in [2.05, 4.69) is 20.3 Å². The number of hydrogen-bond acceptors (Lipinski definition) is 5. The van der Waals surface area contributed by atoms with Crippen LogP contribution in [0.3, 0.4) is 0 Å². The largest absolute Gasteiger partial charge is 0.382 e. The molecule has 1 saturated carbocycles. The van der Waals surface area contributed by atoms with Crippen molar-refractivity contribution in [1.82, 2.24) is 19.7 Å². The number of anilines is 1. The third kappa shape index (κ3) is 5.36. The van der Waals surface area contributed by atoms with E-state index < -0.39 is 17.2 Å². The van der Waals surface area contributed by atoms with Gasteiger partial charge in [-0.15, -0.1) is 0 Å². The summed E-state index contributed by atoms with van der Waals surface area (Å²) < 4.78 is 43.0. The van der Waals surface area contributed by atoms with Crippen LogP contribution in [0.5, 0.6) is 0 Å². The van der Waals surface area contributed by atoms with Gasteiger partial charge in [0.2, 0.25) is 0 Å². The summed E-state index contributed by atoms with van der Waals surface area (Å²) in [6.45, 7) is 1.86. The normalized spacial score (nSPS) is 24.5. The number of aliphatic hydroxyl groups is 1. The Hall–Kier alpha value is -2.91. The Morgan fingerprint density at radius 2 is 1.74 bits per heavy atom. The molecule has 0 radical (unpaired) electrons. The smallest absolute Gasteiger partial charge is 0.137 e. The van der Waals surface area contributed by atoms with Gasteiger partial charge in [0.25, 0.3) is 0 Å². The molecule has 2 aliphatic rings. The minimum absolute atomic E-state index is 0.0166. The van der Waals surface area contributed by atoms with Crippen molar-refractivity contribution < 1.29 is 18.3 Å². The van der Waals surface area contributed by atoms with E-state index in [9.17, 15) is 18.3 Å². The van der Waals surface area contributed by atoms with E-state index in [1.165, 1.54) is 41.6 Å². The highest BCUT2D eigenvalue weighted by molar-refractivity contribution is 5.43. The molecule has 186 valence electrons. The van der Waals surface area contributed by atoms with E-state index in [1.54, 1.807) is 12.1 Å². The zero-order chi connectivity index (χ0) is 24.5. The summed E-state index contributed by atoms with van der Waals surface area (Å²) in [6.07, 6.45) is 7.99. The van der Waals surface area contributed by atoms with Crippen molar-refractivity contribution in [3.8, 4) is 0 Å². The summed E-state index contributed by atoms with van der Waals surface area (Å²) in [5, 5.41) is 19.3. The molecule has 1 aromatic heterocycles. The first-order valence-electron chi connectivity index (χ1n) is 12.1. The lowest BCUT2D eigenvalue weighted by Gasteiger charge is -2.39. The Bertz CT molecular complexity index is 1130. The standard InChI is InChI=1S/C26H30F3N5O/c27-19-1-4-21(5-2-19)32-22-7-9-25(10-8-22)11-12-33(14-25)15-26(35,16-34-18-30-17-31-34)23-6-3-20(28)13-24(23)29/h1-6,13,17-18,22,32,35H,7-12,14-16H2. The maximum absolute atomic E-state index is 14.7. The predicted octanol–water partition coefficient (Wildman–Crippen LogP) is 4.33.